The molecule has 0 radical (unpaired) electrons. The lowest BCUT2D eigenvalue weighted by atomic mass is 10.2. The van der Waals surface area contributed by atoms with Crippen molar-refractivity contribution in [1.82, 2.24) is 4.90 Å². The number of carbonyl (C=O) groups excluding carboxylic acids is 1. The van der Waals surface area contributed by atoms with Gasteiger partial charge in [0.15, 0.2) is 0 Å². The highest BCUT2D eigenvalue weighted by Crippen LogP contribution is 2.16. The van der Waals surface area contributed by atoms with Crippen molar-refractivity contribution in [2.75, 3.05) is 24.6 Å². The Labute approximate surface area is 96.2 Å². The topological polar surface area (TPSA) is 46.3 Å². The van der Waals surface area contributed by atoms with Crippen molar-refractivity contribution in [2.45, 2.75) is 25.8 Å². The van der Waals surface area contributed by atoms with Crippen LogP contribution in [0.4, 0.5) is 0 Å². The summed E-state index contributed by atoms with van der Waals surface area (Å²) in [5, 5.41) is 0. The molecule has 0 aliphatic carbocycles. The summed E-state index contributed by atoms with van der Waals surface area (Å²) >= 11 is 1.93. The third-order valence-corrected chi connectivity index (χ3v) is 3.47. The smallest absolute Gasteiger partial charge is 0.222 e. The average Bonchev–Trinajstić information content (AvgIpc) is 2.15. The van der Waals surface area contributed by atoms with E-state index >= 15 is 0 Å². The van der Waals surface area contributed by atoms with Gasteiger partial charge in [0.1, 0.15) is 0 Å². The van der Waals surface area contributed by atoms with Crippen LogP contribution in [0.25, 0.3) is 0 Å². The fourth-order valence-electron chi connectivity index (χ4n) is 1.49. The van der Waals surface area contributed by atoms with Crippen LogP contribution in [0.15, 0.2) is 0 Å². The zero-order chi connectivity index (χ0) is 9.68. The summed E-state index contributed by atoms with van der Waals surface area (Å²) in [7, 11) is 0. The van der Waals surface area contributed by atoms with Gasteiger partial charge in [-0.1, -0.05) is 0 Å². The zero-order valence-electron chi connectivity index (χ0n) is 8.57. The highest BCUT2D eigenvalue weighted by atomic mass is 35.5. The fourth-order valence-corrected chi connectivity index (χ4v) is 2.51. The van der Waals surface area contributed by atoms with Crippen LogP contribution in [-0.2, 0) is 4.79 Å². The summed E-state index contributed by atoms with van der Waals surface area (Å²) in [4.78, 5) is 13.6. The molecule has 1 fully saturated rings. The maximum Gasteiger partial charge on any atom is 0.222 e. The summed E-state index contributed by atoms with van der Waals surface area (Å²) in [6, 6.07) is 0.407. The molecule has 14 heavy (non-hydrogen) atoms. The number of hydrogen-bond donors (Lipinski definition) is 1. The molecule has 3 nitrogen and oxygen atoms in total. The van der Waals surface area contributed by atoms with Crippen LogP contribution in [0, 0.1) is 0 Å². The van der Waals surface area contributed by atoms with Crippen LogP contribution in [-0.4, -0.2) is 41.4 Å². The Morgan fingerprint density at radius 3 is 2.93 bits per heavy atom. The minimum Gasteiger partial charge on any atom is -0.338 e. The van der Waals surface area contributed by atoms with Crippen molar-refractivity contribution in [3.05, 3.63) is 0 Å². The quantitative estimate of drug-likeness (QED) is 0.802. The summed E-state index contributed by atoms with van der Waals surface area (Å²) < 4.78 is 0. The van der Waals surface area contributed by atoms with E-state index in [2.05, 4.69) is 6.92 Å². The standard InChI is InChI=1S/C9H18N2OS.ClH/c1-8-7-13-6-5-11(8)9(12)3-2-4-10;/h8H,2-7,10H2,1H3;1H. The van der Waals surface area contributed by atoms with Gasteiger partial charge in [-0.05, 0) is 19.9 Å². The molecule has 1 unspecified atom stereocenters. The summed E-state index contributed by atoms with van der Waals surface area (Å²) in [5.41, 5.74) is 5.37. The van der Waals surface area contributed by atoms with Gasteiger partial charge >= 0.3 is 0 Å². The Morgan fingerprint density at radius 1 is 1.64 bits per heavy atom. The maximum absolute atomic E-state index is 11.6. The van der Waals surface area contributed by atoms with E-state index in [9.17, 15) is 4.79 Å². The molecule has 1 aliphatic rings. The lowest BCUT2D eigenvalue weighted by Crippen LogP contribution is -2.44. The number of nitrogens with zero attached hydrogens (tertiary/aromatic N) is 1. The van der Waals surface area contributed by atoms with E-state index in [1.165, 1.54) is 0 Å². The molecule has 1 aliphatic heterocycles. The van der Waals surface area contributed by atoms with Crippen LogP contribution < -0.4 is 5.73 Å². The number of nitrogens with two attached hydrogens (primary N) is 1. The number of hydrogen-bond acceptors (Lipinski definition) is 3. The van der Waals surface area contributed by atoms with Crippen LogP contribution in [0.2, 0.25) is 0 Å². The first-order chi connectivity index (χ1) is 6.25. The molecule has 1 heterocycles. The molecule has 1 amide bonds. The molecule has 0 bridgehead atoms. The minimum atomic E-state index is 0. The number of thioether (sulfide) groups is 1. The first-order valence-corrected chi connectivity index (χ1v) is 5.98. The van der Waals surface area contributed by atoms with Gasteiger partial charge in [0, 0.05) is 30.5 Å². The van der Waals surface area contributed by atoms with Gasteiger partial charge in [-0.2, -0.15) is 11.8 Å². The second-order valence-corrected chi connectivity index (χ2v) is 4.55. The monoisotopic (exact) mass is 238 g/mol. The minimum absolute atomic E-state index is 0. The Balaban J connectivity index is 0.00000169. The molecule has 1 rings (SSSR count). The predicted octanol–water partition coefficient (Wildman–Crippen LogP) is 1.11. The number of halogens is 1. The summed E-state index contributed by atoms with van der Waals surface area (Å²) in [6.07, 6.45) is 1.43. The molecule has 0 aromatic rings. The van der Waals surface area contributed by atoms with Crippen LogP contribution in [0.1, 0.15) is 19.8 Å². The molecule has 1 saturated heterocycles. The highest BCUT2D eigenvalue weighted by Gasteiger charge is 2.22. The molecule has 2 N–H and O–H groups in total. The van der Waals surface area contributed by atoms with Gasteiger partial charge in [0.05, 0.1) is 0 Å². The SMILES string of the molecule is CC1CSCCN1C(=O)CCCN.Cl. The van der Waals surface area contributed by atoms with Crippen molar-refractivity contribution >= 4 is 30.1 Å². The Bertz CT molecular complexity index is 180. The van der Waals surface area contributed by atoms with Gasteiger partial charge in [0.25, 0.3) is 0 Å². The molecule has 0 aromatic heterocycles. The summed E-state index contributed by atoms with van der Waals surface area (Å²) in [6.45, 7) is 3.64. The Morgan fingerprint density at radius 2 is 2.36 bits per heavy atom. The van der Waals surface area contributed by atoms with Gasteiger partial charge in [0.2, 0.25) is 5.91 Å². The number of amides is 1. The van der Waals surface area contributed by atoms with Gasteiger partial charge in [-0.3, -0.25) is 4.79 Å². The van der Waals surface area contributed by atoms with Crippen LogP contribution in [0.5, 0.6) is 0 Å². The van der Waals surface area contributed by atoms with E-state index in [4.69, 9.17) is 5.73 Å². The van der Waals surface area contributed by atoms with Crippen LogP contribution in [0.3, 0.4) is 0 Å². The van der Waals surface area contributed by atoms with E-state index in [0.717, 1.165) is 24.5 Å². The van der Waals surface area contributed by atoms with Gasteiger partial charge in [-0.25, -0.2) is 0 Å². The lowest BCUT2D eigenvalue weighted by molar-refractivity contribution is -0.132. The van der Waals surface area contributed by atoms with E-state index in [-0.39, 0.29) is 18.3 Å². The predicted molar refractivity (Wildman–Crippen MR) is 64.0 cm³/mol. The van der Waals surface area contributed by atoms with Crippen molar-refractivity contribution in [2.24, 2.45) is 5.73 Å². The van der Waals surface area contributed by atoms with Gasteiger partial charge in [-0.15, -0.1) is 12.4 Å². The van der Waals surface area contributed by atoms with Crippen molar-refractivity contribution in [3.63, 3.8) is 0 Å². The molecule has 84 valence electrons. The maximum atomic E-state index is 11.6. The van der Waals surface area contributed by atoms with E-state index < -0.39 is 0 Å². The zero-order valence-corrected chi connectivity index (χ0v) is 10.2. The van der Waals surface area contributed by atoms with E-state index in [0.29, 0.717) is 19.0 Å². The molecule has 1 atom stereocenters. The molecule has 5 heteroatoms. The van der Waals surface area contributed by atoms with Crippen molar-refractivity contribution < 1.29 is 4.79 Å². The van der Waals surface area contributed by atoms with Crippen molar-refractivity contribution in [3.8, 4) is 0 Å². The first-order valence-electron chi connectivity index (χ1n) is 4.83. The average molecular weight is 239 g/mol. The second kappa shape index (κ2) is 7.37. The molecular formula is C9H19ClN2OS. The first kappa shape index (κ1) is 14.1. The lowest BCUT2D eigenvalue weighted by Gasteiger charge is -2.33. The molecular weight excluding hydrogens is 220 g/mol. The summed E-state index contributed by atoms with van der Waals surface area (Å²) in [5.74, 6) is 2.44. The number of carbonyl (C=O) groups is 1. The third-order valence-electron chi connectivity index (χ3n) is 2.28. The largest absolute Gasteiger partial charge is 0.338 e. The Hall–Kier alpha value is 0.0700. The van der Waals surface area contributed by atoms with Gasteiger partial charge < -0.3 is 10.6 Å². The Kier molecular flexibility index (Phi) is 7.41. The molecule has 0 aromatic carbocycles. The van der Waals surface area contributed by atoms with Crippen molar-refractivity contribution in [1.29, 1.82) is 0 Å². The number of rotatable bonds is 3. The van der Waals surface area contributed by atoms with E-state index in [1.54, 1.807) is 0 Å². The molecule has 0 saturated carbocycles. The van der Waals surface area contributed by atoms with Crippen LogP contribution >= 0.6 is 24.2 Å². The molecule has 0 spiro atoms. The second-order valence-electron chi connectivity index (χ2n) is 3.40. The third kappa shape index (κ3) is 4.07. The highest BCUT2D eigenvalue weighted by molar-refractivity contribution is 7.99. The fraction of sp³-hybridized carbons (Fsp3) is 0.889. The van der Waals surface area contributed by atoms with E-state index in [1.807, 2.05) is 16.7 Å². The normalized spacial score (nSPS) is 21.6.